The van der Waals surface area contributed by atoms with Gasteiger partial charge in [0.05, 0.1) is 18.6 Å². The maximum atomic E-state index is 14.4. The van der Waals surface area contributed by atoms with Crippen LogP contribution in [0.25, 0.3) is 0 Å². The fraction of sp³-hybridized carbons (Fsp3) is 0.714. The molecule has 0 aromatic carbocycles. The van der Waals surface area contributed by atoms with Crippen LogP contribution in [0.4, 0.5) is 0 Å². The number of amides is 10. The molecule has 0 spiro atoms. The van der Waals surface area contributed by atoms with E-state index in [-0.39, 0.29) is 64.7 Å². The molecule has 12 atom stereocenters. The Kier molecular flexibility index (Phi) is 29.5. The predicted octanol–water partition coefficient (Wildman–Crippen LogP) is -5.78. The average Bonchev–Trinajstić information content (AvgIpc) is 4.10. The van der Waals surface area contributed by atoms with Crippen LogP contribution in [0.3, 0.4) is 0 Å². The van der Waals surface area contributed by atoms with Crippen LogP contribution in [0.2, 0.25) is 0 Å². The molecule has 21 N–H and O–H groups in total. The van der Waals surface area contributed by atoms with Crippen molar-refractivity contribution in [3.63, 3.8) is 0 Å². The van der Waals surface area contributed by atoms with Gasteiger partial charge in [-0.15, -0.1) is 0 Å². The van der Waals surface area contributed by atoms with Gasteiger partial charge in [-0.3, -0.25) is 62.9 Å². The molecule has 0 aromatic heterocycles. The number of aliphatic hydroxyl groups excluding tert-OH is 1. The number of aliphatic hydroxyl groups is 1. The van der Waals surface area contributed by atoms with Gasteiger partial charge in [0, 0.05) is 32.5 Å². The monoisotopic (exact) mass is 1150 g/mol. The summed E-state index contributed by atoms with van der Waals surface area (Å²) < 4.78 is 0. The minimum atomic E-state index is -1.89. The number of primary amides is 1. The van der Waals surface area contributed by atoms with Crippen molar-refractivity contribution in [3.8, 4) is 0 Å². The topological polar surface area (TPSA) is 533 Å². The van der Waals surface area contributed by atoms with Crippen LogP contribution in [-0.4, -0.2) is 206 Å². The van der Waals surface area contributed by atoms with Crippen molar-refractivity contribution >= 4 is 82.9 Å². The molecule has 2 aliphatic rings. The average molecular weight is 1150 g/mol. The Morgan fingerprint density at radius 2 is 1.06 bits per heavy atom. The Balaban J connectivity index is 2.42. The molecule has 0 unspecified atom stereocenters. The molecule has 0 radical (unpaired) electrons. The van der Waals surface area contributed by atoms with Crippen LogP contribution >= 0.6 is 0 Å². The van der Waals surface area contributed by atoms with Crippen molar-refractivity contribution in [2.75, 3.05) is 26.2 Å². The van der Waals surface area contributed by atoms with Gasteiger partial charge in [0.2, 0.25) is 59.1 Å². The maximum Gasteiger partial charge on any atom is 0.326 e. The van der Waals surface area contributed by atoms with E-state index in [1.165, 1.54) is 11.8 Å². The molecule has 32 heteroatoms. The second-order valence-corrected chi connectivity index (χ2v) is 20.2. The molecular formula is C49H83N15O17. The lowest BCUT2D eigenvalue weighted by atomic mass is 9.96. The van der Waals surface area contributed by atoms with E-state index >= 15 is 0 Å². The van der Waals surface area contributed by atoms with E-state index in [9.17, 15) is 82.8 Å². The fourth-order valence-electron chi connectivity index (χ4n) is 9.03. The molecule has 456 valence electrons. The highest BCUT2D eigenvalue weighted by atomic mass is 16.4. The third-order valence-corrected chi connectivity index (χ3v) is 13.7. The maximum absolute atomic E-state index is 14.4. The zero-order valence-electron chi connectivity index (χ0n) is 46.2. The highest BCUT2D eigenvalue weighted by molar-refractivity contribution is 5.99. The smallest absolute Gasteiger partial charge is 0.326 e. The number of carbonyl (C=O) groups excluding carboxylic acids is 10. The summed E-state index contributed by atoms with van der Waals surface area (Å²) in [5, 5.41) is 66.6. The molecule has 2 rings (SSSR count). The van der Waals surface area contributed by atoms with Crippen LogP contribution < -0.4 is 65.5 Å². The summed E-state index contributed by atoms with van der Waals surface area (Å²) in [6, 6.07) is -14.6. The number of nitrogens with one attached hydrogen (secondary N) is 9. The van der Waals surface area contributed by atoms with Gasteiger partial charge in [-0.1, -0.05) is 20.3 Å². The van der Waals surface area contributed by atoms with Gasteiger partial charge in [-0.05, 0) is 96.9 Å². The first kappa shape index (κ1) is 69.4. The number of carboxylic acid groups (broad SMARTS) is 3. The highest BCUT2D eigenvalue weighted by Gasteiger charge is 2.42. The molecule has 10 amide bonds. The van der Waals surface area contributed by atoms with E-state index in [1.54, 1.807) is 13.8 Å². The second kappa shape index (κ2) is 34.4. The summed E-state index contributed by atoms with van der Waals surface area (Å²) in [5.74, 6) is -14.7. The largest absolute Gasteiger partial charge is 0.481 e. The molecule has 81 heavy (non-hydrogen) atoms. The summed E-state index contributed by atoms with van der Waals surface area (Å²) in [6.07, 6.45) is -3.29. The van der Waals surface area contributed by atoms with Gasteiger partial charge in [0.25, 0.3) is 0 Å². The standard InChI is InChI=1S/C49H83N15O17/c1-5-24(2)37(61-43(75)33-14-9-21-63(33)46(78)25(3)51)44(76)57-28(12-8-20-55-49(53)54)39(71)60-31(23-36(69)70)47(79)64-22-10-13-32(64)42(74)56-27(11-6-7-19-50)41(73)62-38(26(4)65)45(77)58-29(16-18-35(67)68)40(72)59-30(48(80)81)15-17-34(52)66/h24-33,37-38,65H,5-23,50-51H2,1-4H3,(H2,52,66)(H,56,74)(H,57,76)(H,58,77)(H,59,72)(H,60,71)(H,61,75)(H,62,73)(H,67,68)(H,69,70)(H,80,81)(H4,53,54,55)/t24-,25-,26+,27-,28-,29-,30-,31-,32-,33-,37-,38-/m0/s1. The fourth-order valence-corrected chi connectivity index (χ4v) is 9.03. The summed E-state index contributed by atoms with van der Waals surface area (Å²) in [4.78, 5) is 174. The highest BCUT2D eigenvalue weighted by Crippen LogP contribution is 2.22. The molecular weight excluding hydrogens is 1070 g/mol. The van der Waals surface area contributed by atoms with E-state index < -0.39 is 187 Å². The van der Waals surface area contributed by atoms with Crippen molar-refractivity contribution in [1.29, 1.82) is 5.41 Å². The molecule has 2 aliphatic heterocycles. The SMILES string of the molecule is CC[C@H](C)[C@H](NC(=O)[C@@H]1CCCN1C(=O)[C@H](C)N)C(=O)N[C@@H](CCCNC(=N)N)C(=O)N[C@@H](CC(=O)O)C(=O)N1CCC[C@H]1C(=O)N[C@@H](CCCCN)C(=O)N[C@H](C(=O)N[C@@H](CCC(=O)O)C(=O)N[C@@H](CCC(N)=O)C(=O)O)[C@@H](C)O. The van der Waals surface area contributed by atoms with Crippen molar-refractivity contribution in [2.45, 2.75) is 191 Å². The van der Waals surface area contributed by atoms with E-state index in [0.29, 0.717) is 25.7 Å². The van der Waals surface area contributed by atoms with Crippen LogP contribution in [-0.2, 0) is 62.3 Å². The van der Waals surface area contributed by atoms with Crippen LogP contribution in [0.15, 0.2) is 0 Å². The van der Waals surface area contributed by atoms with Crippen LogP contribution in [0.5, 0.6) is 0 Å². The molecule has 32 nitrogen and oxygen atoms in total. The first-order valence-electron chi connectivity index (χ1n) is 26.9. The van der Waals surface area contributed by atoms with Gasteiger partial charge >= 0.3 is 17.9 Å². The van der Waals surface area contributed by atoms with Gasteiger partial charge in [-0.2, -0.15) is 0 Å². The number of carboxylic acids is 3. The number of carbonyl (C=O) groups is 13. The first-order valence-corrected chi connectivity index (χ1v) is 26.9. The number of unbranched alkanes of at least 4 members (excludes halogenated alkanes) is 1. The van der Waals surface area contributed by atoms with Crippen molar-refractivity contribution in [3.05, 3.63) is 0 Å². The lowest BCUT2D eigenvalue weighted by Crippen LogP contribution is -2.61. The molecule has 2 saturated heterocycles. The zero-order chi connectivity index (χ0) is 61.3. The third kappa shape index (κ3) is 23.1. The molecule has 0 saturated carbocycles. The van der Waals surface area contributed by atoms with Gasteiger partial charge in [0.1, 0.15) is 54.4 Å². The number of nitrogens with two attached hydrogens (primary N) is 4. The Labute approximate surface area is 467 Å². The number of guanidine groups is 1. The van der Waals surface area contributed by atoms with Gasteiger partial charge < -0.3 is 95.7 Å². The zero-order valence-corrected chi connectivity index (χ0v) is 46.2. The third-order valence-electron chi connectivity index (χ3n) is 13.7. The predicted molar refractivity (Wildman–Crippen MR) is 285 cm³/mol. The van der Waals surface area contributed by atoms with Crippen LogP contribution in [0.1, 0.15) is 124 Å². The number of hydrogen-bond donors (Lipinski definition) is 17. The molecule has 2 heterocycles. The number of hydrogen-bond acceptors (Lipinski definition) is 17. The van der Waals surface area contributed by atoms with Crippen molar-refractivity contribution < 1.29 is 82.8 Å². The van der Waals surface area contributed by atoms with Crippen LogP contribution in [0, 0.1) is 11.3 Å². The molecule has 0 aromatic rings. The van der Waals surface area contributed by atoms with E-state index in [4.69, 9.17) is 28.3 Å². The number of likely N-dealkylation sites (tertiary alicyclic amines) is 2. The molecule has 2 fully saturated rings. The molecule has 0 bridgehead atoms. The summed E-state index contributed by atoms with van der Waals surface area (Å²) in [5.41, 5.74) is 22.0. The number of aliphatic carboxylic acids is 3. The summed E-state index contributed by atoms with van der Waals surface area (Å²) >= 11 is 0. The van der Waals surface area contributed by atoms with Crippen molar-refractivity contribution in [1.82, 2.24) is 52.3 Å². The minimum absolute atomic E-state index is 0.0191. The van der Waals surface area contributed by atoms with E-state index in [0.717, 1.165) is 11.8 Å². The summed E-state index contributed by atoms with van der Waals surface area (Å²) in [7, 11) is 0. The van der Waals surface area contributed by atoms with Crippen molar-refractivity contribution in [2.24, 2.45) is 28.9 Å². The quantitative estimate of drug-likeness (QED) is 0.0158. The molecule has 0 aliphatic carbocycles. The minimum Gasteiger partial charge on any atom is -0.481 e. The lowest BCUT2D eigenvalue weighted by molar-refractivity contribution is -0.146. The summed E-state index contributed by atoms with van der Waals surface area (Å²) in [6.45, 7) is 6.33. The Morgan fingerprint density at radius 3 is 1.56 bits per heavy atom. The Bertz CT molecular complexity index is 2270. The Morgan fingerprint density at radius 1 is 0.580 bits per heavy atom. The van der Waals surface area contributed by atoms with E-state index in [1.807, 2.05) is 0 Å². The first-order chi connectivity index (χ1) is 38.0. The van der Waals surface area contributed by atoms with Gasteiger partial charge in [0.15, 0.2) is 5.96 Å². The number of rotatable bonds is 36. The lowest BCUT2D eigenvalue weighted by Gasteiger charge is -2.31. The Hall–Kier alpha value is -7.74. The second-order valence-electron chi connectivity index (χ2n) is 20.2. The normalized spacial score (nSPS) is 18.6. The number of nitrogens with zero attached hydrogens (tertiary/aromatic N) is 2. The van der Waals surface area contributed by atoms with E-state index in [2.05, 4.69) is 42.5 Å². The van der Waals surface area contributed by atoms with Gasteiger partial charge in [-0.25, -0.2) is 4.79 Å².